The summed E-state index contributed by atoms with van der Waals surface area (Å²) in [7, 11) is 3.25. The van der Waals surface area contributed by atoms with Gasteiger partial charge in [-0.05, 0) is 89.3 Å². The standard InChI is InChI=1S/C33H43FN2O2.C2H6O.C2H6/c1-5-12-26(3)32(33(37)28-13-9-7-8-10-14-28)25-36(27(4)6-2)22-11-21-35-23-19-31(20-24-35)38-30-17-15-29(34)16-18-30;1-3-2;1-2/h6-10,12-13,15-18,25,31H,5,11,14,19-24H2,1-4H3;1-2H3;1-2H3/b26-12+,27-6+,32-25+;;. The fourth-order valence-electron chi connectivity index (χ4n) is 4.76. The van der Waals surface area contributed by atoms with Crippen LogP contribution in [0.25, 0.3) is 0 Å². The molecule has 5 nitrogen and oxygen atoms in total. The van der Waals surface area contributed by atoms with E-state index in [1.807, 2.05) is 58.1 Å². The van der Waals surface area contributed by atoms with Crippen molar-refractivity contribution in [1.29, 1.82) is 0 Å². The van der Waals surface area contributed by atoms with Gasteiger partial charge in [-0.15, -0.1) is 0 Å². The van der Waals surface area contributed by atoms with Crippen molar-refractivity contribution in [2.75, 3.05) is 40.4 Å². The van der Waals surface area contributed by atoms with Gasteiger partial charge >= 0.3 is 0 Å². The first-order chi connectivity index (χ1) is 20.8. The van der Waals surface area contributed by atoms with Gasteiger partial charge in [0.1, 0.15) is 17.7 Å². The molecule has 2 aliphatic rings. The van der Waals surface area contributed by atoms with E-state index in [0.717, 1.165) is 80.0 Å². The Hall–Kier alpha value is -3.22. The van der Waals surface area contributed by atoms with Gasteiger partial charge in [0.15, 0.2) is 5.78 Å². The van der Waals surface area contributed by atoms with Crippen LogP contribution in [0, 0.1) is 5.82 Å². The van der Waals surface area contributed by atoms with Gasteiger partial charge in [-0.2, -0.15) is 0 Å². The summed E-state index contributed by atoms with van der Waals surface area (Å²) in [4.78, 5) is 18.3. The number of piperidine rings is 1. The van der Waals surface area contributed by atoms with E-state index < -0.39 is 0 Å². The molecule has 43 heavy (non-hydrogen) atoms. The van der Waals surface area contributed by atoms with Gasteiger partial charge in [-0.1, -0.05) is 63.3 Å². The number of allylic oxidation sites excluding steroid dienone is 11. The summed E-state index contributed by atoms with van der Waals surface area (Å²) >= 11 is 0. The Labute approximate surface area is 261 Å². The van der Waals surface area contributed by atoms with Gasteiger partial charge in [-0.25, -0.2) is 4.39 Å². The van der Waals surface area contributed by atoms with Gasteiger partial charge in [-0.3, -0.25) is 4.79 Å². The highest BCUT2D eigenvalue weighted by Gasteiger charge is 2.21. The Morgan fingerprint density at radius 3 is 2.33 bits per heavy atom. The summed E-state index contributed by atoms with van der Waals surface area (Å²) in [6, 6.07) is 6.28. The molecule has 238 valence electrons. The highest BCUT2D eigenvalue weighted by Crippen LogP contribution is 2.23. The molecule has 0 N–H and O–H groups in total. The fourth-order valence-corrected chi connectivity index (χ4v) is 4.76. The number of nitrogens with zero attached hydrogens (tertiary/aromatic N) is 2. The van der Waals surface area contributed by atoms with Crippen molar-refractivity contribution >= 4 is 5.78 Å². The van der Waals surface area contributed by atoms with Crippen LogP contribution in [0.5, 0.6) is 5.75 Å². The number of methoxy groups -OCH3 is 1. The van der Waals surface area contributed by atoms with Crippen molar-refractivity contribution in [3.05, 3.63) is 101 Å². The maximum atomic E-state index is 13.6. The second-order valence-corrected chi connectivity index (χ2v) is 10.4. The molecule has 1 aromatic carbocycles. The zero-order valence-corrected chi connectivity index (χ0v) is 27.9. The van der Waals surface area contributed by atoms with E-state index in [0.29, 0.717) is 6.42 Å². The van der Waals surface area contributed by atoms with Crippen molar-refractivity contribution in [3.8, 4) is 5.75 Å². The maximum Gasteiger partial charge on any atom is 0.191 e. The van der Waals surface area contributed by atoms with Gasteiger partial charge in [0, 0.05) is 56.9 Å². The third-order valence-corrected chi connectivity index (χ3v) is 7.15. The molecule has 0 spiro atoms. The van der Waals surface area contributed by atoms with Crippen LogP contribution in [0.4, 0.5) is 4.39 Å². The van der Waals surface area contributed by atoms with Crippen molar-refractivity contribution in [3.63, 3.8) is 0 Å². The van der Waals surface area contributed by atoms with Crippen molar-refractivity contribution in [1.82, 2.24) is 9.80 Å². The predicted molar refractivity (Wildman–Crippen MR) is 180 cm³/mol. The zero-order valence-electron chi connectivity index (χ0n) is 27.9. The number of Topliss-reactive ketones (excluding diaryl/α,β-unsaturated/α-hetero) is 1. The van der Waals surface area contributed by atoms with E-state index in [1.165, 1.54) is 12.1 Å². The highest BCUT2D eigenvalue weighted by molar-refractivity contribution is 6.11. The van der Waals surface area contributed by atoms with Gasteiger partial charge in [0.25, 0.3) is 0 Å². The molecule has 0 saturated carbocycles. The van der Waals surface area contributed by atoms with E-state index >= 15 is 0 Å². The molecule has 1 saturated heterocycles. The average Bonchev–Trinajstić information content (AvgIpc) is 3.31. The highest BCUT2D eigenvalue weighted by atomic mass is 19.1. The molecule has 0 aromatic heterocycles. The molecule has 0 radical (unpaired) electrons. The Bertz CT molecular complexity index is 1120. The lowest BCUT2D eigenvalue weighted by Gasteiger charge is -2.33. The Kier molecular flexibility index (Phi) is 19.6. The smallest absolute Gasteiger partial charge is 0.191 e. The molecule has 0 atom stereocenters. The molecule has 3 rings (SSSR count). The van der Waals surface area contributed by atoms with E-state index in [1.54, 1.807) is 26.4 Å². The van der Waals surface area contributed by atoms with Crippen molar-refractivity contribution < 1.29 is 18.7 Å². The molecule has 0 bridgehead atoms. The summed E-state index contributed by atoms with van der Waals surface area (Å²) in [5.41, 5.74) is 3.74. The van der Waals surface area contributed by atoms with Crippen LogP contribution in [0.15, 0.2) is 95.4 Å². The first-order valence-corrected chi connectivity index (χ1v) is 15.7. The van der Waals surface area contributed by atoms with Crippen LogP contribution >= 0.6 is 0 Å². The summed E-state index contributed by atoms with van der Waals surface area (Å²) in [6.07, 6.45) is 20.8. The van der Waals surface area contributed by atoms with Crippen LogP contribution in [-0.4, -0.2) is 62.1 Å². The number of rotatable bonds is 12. The van der Waals surface area contributed by atoms with Gasteiger partial charge in [0.05, 0.1) is 0 Å². The number of benzene rings is 1. The van der Waals surface area contributed by atoms with E-state index in [4.69, 9.17) is 4.74 Å². The maximum absolute atomic E-state index is 13.6. The van der Waals surface area contributed by atoms with Crippen LogP contribution in [0.2, 0.25) is 0 Å². The molecule has 1 aliphatic heterocycles. The third kappa shape index (κ3) is 14.2. The number of hydrogen-bond donors (Lipinski definition) is 0. The summed E-state index contributed by atoms with van der Waals surface area (Å²) in [5, 5.41) is 0. The van der Waals surface area contributed by atoms with Crippen molar-refractivity contribution in [2.45, 2.75) is 79.8 Å². The Balaban J connectivity index is 0.00000174. The van der Waals surface area contributed by atoms with Crippen LogP contribution in [0.3, 0.4) is 0 Å². The molecule has 1 heterocycles. The van der Waals surface area contributed by atoms with Crippen LogP contribution in [-0.2, 0) is 9.53 Å². The number of likely N-dealkylation sites (tertiary alicyclic amines) is 1. The first kappa shape index (κ1) is 37.8. The van der Waals surface area contributed by atoms with E-state index in [-0.39, 0.29) is 17.7 Å². The minimum atomic E-state index is -0.243. The van der Waals surface area contributed by atoms with Crippen LogP contribution in [0.1, 0.15) is 73.6 Å². The first-order valence-electron chi connectivity index (χ1n) is 15.7. The van der Waals surface area contributed by atoms with Gasteiger partial charge in [0.2, 0.25) is 0 Å². The average molecular weight is 595 g/mol. The zero-order chi connectivity index (χ0) is 32.0. The quantitative estimate of drug-likeness (QED) is 0.179. The molecule has 1 fully saturated rings. The number of ether oxygens (including phenoxy) is 2. The normalized spacial score (nSPS) is 16.3. The van der Waals surface area contributed by atoms with E-state index in [2.05, 4.69) is 46.7 Å². The predicted octanol–water partition coefficient (Wildman–Crippen LogP) is 8.83. The van der Waals surface area contributed by atoms with E-state index in [9.17, 15) is 9.18 Å². The Morgan fingerprint density at radius 2 is 1.72 bits per heavy atom. The Morgan fingerprint density at radius 1 is 1.07 bits per heavy atom. The lowest BCUT2D eigenvalue weighted by Crippen LogP contribution is -2.39. The minimum Gasteiger partial charge on any atom is -0.490 e. The summed E-state index contributed by atoms with van der Waals surface area (Å²) in [5.74, 6) is 0.590. The lowest BCUT2D eigenvalue weighted by molar-refractivity contribution is -0.112. The molecular weight excluding hydrogens is 539 g/mol. The molecule has 0 amide bonds. The number of halogens is 1. The minimum absolute atomic E-state index is 0.0977. The van der Waals surface area contributed by atoms with Crippen LogP contribution < -0.4 is 4.74 Å². The second-order valence-electron chi connectivity index (χ2n) is 10.4. The largest absolute Gasteiger partial charge is 0.490 e. The third-order valence-electron chi connectivity index (χ3n) is 7.15. The SMILES string of the molecule is C/C=C(\C)N(/C=C(C(=O)C1=CC=CC=CC1)\C(C)=C\CC)CCCN1CCC(Oc2ccc(F)cc2)CC1.CC.COC. The number of carbonyl (C=O) groups is 1. The number of carbonyl (C=O) groups excluding carboxylic acids is 1. The topological polar surface area (TPSA) is 42.0 Å². The lowest BCUT2D eigenvalue weighted by atomic mass is 9.95. The molecule has 6 heteroatoms. The molecular formula is C37H55FN2O3. The summed E-state index contributed by atoms with van der Waals surface area (Å²) in [6.45, 7) is 16.1. The fraction of sp³-hybridized carbons (Fsp3) is 0.486. The monoisotopic (exact) mass is 594 g/mol. The molecule has 1 aliphatic carbocycles. The second kappa shape index (κ2) is 22.3. The molecule has 0 unspecified atom stereocenters. The number of ketones is 1. The summed E-state index contributed by atoms with van der Waals surface area (Å²) < 4.78 is 23.4. The number of hydrogen-bond acceptors (Lipinski definition) is 5. The molecule has 1 aromatic rings. The van der Waals surface area contributed by atoms with Crippen molar-refractivity contribution in [2.24, 2.45) is 0 Å². The van der Waals surface area contributed by atoms with Gasteiger partial charge < -0.3 is 19.3 Å².